The summed E-state index contributed by atoms with van der Waals surface area (Å²) >= 11 is 0. The number of ether oxygens (including phenoxy) is 2. The lowest BCUT2D eigenvalue weighted by Crippen LogP contribution is -1.99. The van der Waals surface area contributed by atoms with E-state index in [1.54, 1.807) is 7.11 Å². The standard InChI is InChI=1S/C16H20O2/c1-4-5-10-18-15-11-12(2)16(17-3)14-9-7-6-8-13(14)15/h6-9,11H,4-5,10H2,1-3H3. The molecule has 96 valence electrons. The summed E-state index contributed by atoms with van der Waals surface area (Å²) in [4.78, 5) is 0. The molecule has 0 aliphatic carbocycles. The summed E-state index contributed by atoms with van der Waals surface area (Å²) in [5, 5.41) is 2.24. The zero-order valence-corrected chi connectivity index (χ0v) is 11.3. The average molecular weight is 244 g/mol. The first kappa shape index (κ1) is 12.7. The van der Waals surface area contributed by atoms with Crippen molar-refractivity contribution in [3.05, 3.63) is 35.9 Å². The second-order valence-corrected chi connectivity index (χ2v) is 4.47. The Morgan fingerprint density at radius 3 is 2.50 bits per heavy atom. The van der Waals surface area contributed by atoms with E-state index in [1.165, 1.54) is 0 Å². The van der Waals surface area contributed by atoms with Gasteiger partial charge in [-0.2, -0.15) is 0 Å². The van der Waals surface area contributed by atoms with Gasteiger partial charge in [-0.25, -0.2) is 0 Å². The van der Waals surface area contributed by atoms with Crippen LogP contribution in [0.3, 0.4) is 0 Å². The van der Waals surface area contributed by atoms with Crippen molar-refractivity contribution in [2.24, 2.45) is 0 Å². The lowest BCUT2D eigenvalue weighted by atomic mass is 10.0. The van der Waals surface area contributed by atoms with Crippen LogP contribution in [0.4, 0.5) is 0 Å². The van der Waals surface area contributed by atoms with Crippen LogP contribution >= 0.6 is 0 Å². The number of hydrogen-bond donors (Lipinski definition) is 0. The first-order valence-corrected chi connectivity index (χ1v) is 6.47. The second-order valence-electron chi connectivity index (χ2n) is 4.47. The largest absolute Gasteiger partial charge is 0.496 e. The Bertz CT molecular complexity index is 532. The lowest BCUT2D eigenvalue weighted by Gasteiger charge is -2.14. The van der Waals surface area contributed by atoms with Gasteiger partial charge in [0.25, 0.3) is 0 Å². The molecular formula is C16H20O2. The molecule has 2 aromatic carbocycles. The SMILES string of the molecule is CCCCOc1cc(C)c(OC)c2ccccc12. The van der Waals surface area contributed by atoms with Crippen LogP contribution in [0.2, 0.25) is 0 Å². The number of hydrogen-bond acceptors (Lipinski definition) is 2. The van der Waals surface area contributed by atoms with Crippen molar-refractivity contribution in [3.8, 4) is 11.5 Å². The van der Waals surface area contributed by atoms with Gasteiger partial charge in [0.1, 0.15) is 11.5 Å². The minimum atomic E-state index is 0.770. The van der Waals surface area contributed by atoms with Gasteiger partial charge in [-0.05, 0) is 25.0 Å². The lowest BCUT2D eigenvalue weighted by molar-refractivity contribution is 0.312. The van der Waals surface area contributed by atoms with E-state index in [-0.39, 0.29) is 0 Å². The molecule has 2 rings (SSSR count). The fourth-order valence-corrected chi connectivity index (χ4v) is 2.17. The van der Waals surface area contributed by atoms with Gasteiger partial charge >= 0.3 is 0 Å². The van der Waals surface area contributed by atoms with Crippen molar-refractivity contribution in [2.45, 2.75) is 26.7 Å². The van der Waals surface area contributed by atoms with Gasteiger partial charge in [0, 0.05) is 10.8 Å². The molecule has 0 N–H and O–H groups in total. The van der Waals surface area contributed by atoms with Crippen LogP contribution in [-0.4, -0.2) is 13.7 Å². The van der Waals surface area contributed by atoms with E-state index in [2.05, 4.69) is 32.0 Å². The molecule has 2 nitrogen and oxygen atoms in total. The van der Waals surface area contributed by atoms with Crippen LogP contribution in [-0.2, 0) is 0 Å². The first-order valence-electron chi connectivity index (χ1n) is 6.47. The second kappa shape index (κ2) is 5.76. The number of fused-ring (bicyclic) bond motifs is 1. The van der Waals surface area contributed by atoms with E-state index >= 15 is 0 Å². The quantitative estimate of drug-likeness (QED) is 0.728. The van der Waals surface area contributed by atoms with Crippen molar-refractivity contribution in [2.75, 3.05) is 13.7 Å². The number of benzene rings is 2. The van der Waals surface area contributed by atoms with E-state index < -0.39 is 0 Å². The summed E-state index contributed by atoms with van der Waals surface area (Å²) in [6.45, 7) is 4.99. The molecule has 0 fully saturated rings. The third-order valence-corrected chi connectivity index (χ3v) is 3.10. The van der Waals surface area contributed by atoms with Crippen LogP contribution in [0.15, 0.2) is 30.3 Å². The van der Waals surface area contributed by atoms with Gasteiger partial charge in [0.05, 0.1) is 13.7 Å². The molecular weight excluding hydrogens is 224 g/mol. The van der Waals surface area contributed by atoms with E-state index in [1.807, 2.05) is 12.1 Å². The van der Waals surface area contributed by atoms with Gasteiger partial charge in [-0.1, -0.05) is 37.6 Å². The first-order chi connectivity index (χ1) is 8.77. The van der Waals surface area contributed by atoms with Crippen LogP contribution in [0, 0.1) is 6.92 Å². The minimum absolute atomic E-state index is 0.770. The van der Waals surface area contributed by atoms with Gasteiger partial charge in [-0.3, -0.25) is 0 Å². The topological polar surface area (TPSA) is 18.5 Å². The Kier molecular flexibility index (Phi) is 4.08. The Labute approximate surface area is 109 Å². The third-order valence-electron chi connectivity index (χ3n) is 3.10. The predicted octanol–water partition coefficient (Wildman–Crippen LogP) is 4.34. The van der Waals surface area contributed by atoms with Crippen LogP contribution in [0.5, 0.6) is 11.5 Å². The fourth-order valence-electron chi connectivity index (χ4n) is 2.17. The van der Waals surface area contributed by atoms with Crippen molar-refractivity contribution in [1.29, 1.82) is 0 Å². The Balaban J connectivity index is 2.47. The fraction of sp³-hybridized carbons (Fsp3) is 0.375. The average Bonchev–Trinajstić information content (AvgIpc) is 2.39. The molecule has 0 aromatic heterocycles. The van der Waals surface area contributed by atoms with Crippen LogP contribution in [0.1, 0.15) is 25.3 Å². The summed E-state index contributed by atoms with van der Waals surface area (Å²) < 4.78 is 11.4. The highest BCUT2D eigenvalue weighted by Crippen LogP contribution is 2.36. The zero-order chi connectivity index (χ0) is 13.0. The molecule has 0 radical (unpaired) electrons. The maximum absolute atomic E-state index is 5.88. The molecule has 0 unspecified atom stereocenters. The normalized spacial score (nSPS) is 10.6. The minimum Gasteiger partial charge on any atom is -0.496 e. The van der Waals surface area contributed by atoms with Gasteiger partial charge < -0.3 is 9.47 Å². The summed E-state index contributed by atoms with van der Waals surface area (Å²) in [6, 6.07) is 10.3. The van der Waals surface area contributed by atoms with Gasteiger partial charge in [0.15, 0.2) is 0 Å². The third kappa shape index (κ3) is 2.42. The van der Waals surface area contributed by atoms with E-state index in [9.17, 15) is 0 Å². The molecule has 0 atom stereocenters. The Hall–Kier alpha value is -1.70. The highest BCUT2D eigenvalue weighted by molar-refractivity contribution is 5.94. The van der Waals surface area contributed by atoms with E-state index in [0.717, 1.165) is 47.3 Å². The molecule has 0 aliphatic rings. The maximum atomic E-state index is 5.88. The molecule has 0 saturated carbocycles. The number of methoxy groups -OCH3 is 1. The maximum Gasteiger partial charge on any atom is 0.129 e. The molecule has 0 bridgehead atoms. The molecule has 18 heavy (non-hydrogen) atoms. The van der Waals surface area contributed by atoms with Crippen LogP contribution in [0.25, 0.3) is 10.8 Å². The molecule has 0 heterocycles. The van der Waals surface area contributed by atoms with Gasteiger partial charge in [-0.15, -0.1) is 0 Å². The molecule has 0 amide bonds. The van der Waals surface area contributed by atoms with Gasteiger partial charge in [0.2, 0.25) is 0 Å². The molecule has 2 heteroatoms. The molecule has 0 saturated heterocycles. The number of aryl methyl sites for hydroxylation is 1. The molecule has 2 aromatic rings. The van der Waals surface area contributed by atoms with Crippen molar-refractivity contribution in [1.82, 2.24) is 0 Å². The predicted molar refractivity (Wildman–Crippen MR) is 75.6 cm³/mol. The summed E-state index contributed by atoms with van der Waals surface area (Å²) in [5.74, 6) is 1.89. The molecule has 0 spiro atoms. The summed E-state index contributed by atoms with van der Waals surface area (Å²) in [7, 11) is 1.71. The van der Waals surface area contributed by atoms with Crippen molar-refractivity contribution in [3.63, 3.8) is 0 Å². The van der Waals surface area contributed by atoms with Crippen molar-refractivity contribution < 1.29 is 9.47 Å². The van der Waals surface area contributed by atoms with Crippen LogP contribution < -0.4 is 9.47 Å². The Morgan fingerprint density at radius 1 is 1.11 bits per heavy atom. The highest BCUT2D eigenvalue weighted by atomic mass is 16.5. The van der Waals surface area contributed by atoms with E-state index in [0.29, 0.717) is 0 Å². The molecule has 0 aliphatic heterocycles. The summed E-state index contributed by atoms with van der Waals surface area (Å²) in [6.07, 6.45) is 2.23. The highest BCUT2D eigenvalue weighted by Gasteiger charge is 2.10. The Morgan fingerprint density at radius 2 is 1.83 bits per heavy atom. The number of unbranched alkanes of at least 4 members (excludes halogenated alkanes) is 1. The smallest absolute Gasteiger partial charge is 0.129 e. The van der Waals surface area contributed by atoms with E-state index in [4.69, 9.17) is 9.47 Å². The summed E-state index contributed by atoms with van der Waals surface area (Å²) in [5.41, 5.74) is 1.11. The monoisotopic (exact) mass is 244 g/mol. The van der Waals surface area contributed by atoms with Crippen molar-refractivity contribution >= 4 is 10.8 Å². The number of rotatable bonds is 5. The zero-order valence-electron chi connectivity index (χ0n) is 11.3.